The fourth-order valence-corrected chi connectivity index (χ4v) is 3.04. The summed E-state index contributed by atoms with van der Waals surface area (Å²) in [6.07, 6.45) is 6.35. The molecule has 4 rings (SSSR count). The largest absolute Gasteiger partial charge is 0.306 e. The molecule has 1 N–H and O–H groups in total. The van der Waals surface area contributed by atoms with Gasteiger partial charge in [-0.1, -0.05) is 20.8 Å². The lowest BCUT2D eigenvalue weighted by Gasteiger charge is -2.11. The molecule has 124 valence electrons. The minimum Gasteiger partial charge on any atom is -0.306 e. The van der Waals surface area contributed by atoms with Gasteiger partial charge in [-0.15, -0.1) is 0 Å². The molecule has 0 aliphatic heterocycles. The molecule has 4 aromatic rings. The number of H-pyrrole nitrogens is 1. The molecular formula is C19H21FN4. The van der Waals surface area contributed by atoms with Crippen molar-refractivity contribution >= 4 is 16.6 Å². The zero-order chi connectivity index (χ0) is 17.3. The Kier molecular flexibility index (Phi) is 4.34. The van der Waals surface area contributed by atoms with E-state index in [1.165, 1.54) is 6.07 Å². The molecule has 0 unspecified atom stereocenters. The third-order valence-electron chi connectivity index (χ3n) is 4.01. The molecular weight excluding hydrogens is 303 g/mol. The smallest absolute Gasteiger partial charge is 0.136 e. The van der Waals surface area contributed by atoms with Crippen LogP contribution in [0.4, 0.5) is 4.39 Å². The van der Waals surface area contributed by atoms with Gasteiger partial charge in [-0.05, 0) is 42.7 Å². The zero-order valence-corrected chi connectivity index (χ0v) is 14.4. The SMILES string of the molecule is CC.CCc1c(F)cc2[nH]ncc2c1-c1ccc2nc(C)cn2c1. The number of rotatable bonds is 2. The van der Waals surface area contributed by atoms with E-state index in [0.29, 0.717) is 17.5 Å². The lowest BCUT2D eigenvalue weighted by Crippen LogP contribution is -1.95. The van der Waals surface area contributed by atoms with E-state index >= 15 is 0 Å². The number of nitrogens with one attached hydrogen (secondary N) is 1. The van der Waals surface area contributed by atoms with Crippen molar-refractivity contribution in [2.24, 2.45) is 0 Å². The van der Waals surface area contributed by atoms with Crippen molar-refractivity contribution in [1.82, 2.24) is 19.6 Å². The van der Waals surface area contributed by atoms with E-state index in [9.17, 15) is 4.39 Å². The maximum atomic E-state index is 14.4. The number of hydrogen-bond donors (Lipinski definition) is 1. The number of aryl methyl sites for hydroxylation is 1. The molecule has 5 heteroatoms. The highest BCUT2D eigenvalue weighted by Gasteiger charge is 2.16. The number of aromatic amines is 1. The van der Waals surface area contributed by atoms with Crippen molar-refractivity contribution in [2.45, 2.75) is 34.1 Å². The molecule has 0 saturated carbocycles. The molecule has 0 aliphatic carbocycles. The summed E-state index contributed by atoms with van der Waals surface area (Å²) in [5.41, 5.74) is 5.14. The maximum absolute atomic E-state index is 14.4. The van der Waals surface area contributed by atoms with Gasteiger partial charge in [-0.2, -0.15) is 5.10 Å². The summed E-state index contributed by atoms with van der Waals surface area (Å²) in [5.74, 6) is -0.198. The van der Waals surface area contributed by atoms with Crippen LogP contribution in [0.15, 0.2) is 36.8 Å². The molecule has 24 heavy (non-hydrogen) atoms. The fourth-order valence-electron chi connectivity index (χ4n) is 3.04. The third kappa shape index (κ3) is 2.56. The molecule has 0 bridgehead atoms. The molecule has 0 spiro atoms. The summed E-state index contributed by atoms with van der Waals surface area (Å²) in [5, 5.41) is 7.85. The first-order valence-electron chi connectivity index (χ1n) is 8.27. The van der Waals surface area contributed by atoms with Crippen molar-refractivity contribution in [3.63, 3.8) is 0 Å². The van der Waals surface area contributed by atoms with E-state index in [4.69, 9.17) is 0 Å². The van der Waals surface area contributed by atoms with Crippen molar-refractivity contribution in [3.8, 4) is 11.1 Å². The first kappa shape index (κ1) is 16.2. The van der Waals surface area contributed by atoms with Crippen molar-refractivity contribution in [1.29, 1.82) is 0 Å². The number of hydrogen-bond acceptors (Lipinski definition) is 2. The Hall–Kier alpha value is -2.69. The van der Waals surface area contributed by atoms with Gasteiger partial charge in [0.05, 0.1) is 17.4 Å². The van der Waals surface area contributed by atoms with Gasteiger partial charge < -0.3 is 4.40 Å². The molecule has 1 aromatic carbocycles. The van der Waals surface area contributed by atoms with Gasteiger partial charge in [-0.3, -0.25) is 5.10 Å². The number of imidazole rings is 1. The van der Waals surface area contributed by atoms with Crippen LogP contribution in [0, 0.1) is 12.7 Å². The van der Waals surface area contributed by atoms with Crippen LogP contribution in [0.2, 0.25) is 0 Å². The average Bonchev–Trinajstić information content (AvgIpc) is 3.19. The predicted octanol–water partition coefficient (Wildman–Crippen LogP) is 4.91. The number of halogens is 1. The molecule has 0 amide bonds. The zero-order valence-electron chi connectivity index (χ0n) is 14.4. The van der Waals surface area contributed by atoms with Gasteiger partial charge in [0.25, 0.3) is 0 Å². The van der Waals surface area contributed by atoms with Crippen molar-refractivity contribution < 1.29 is 4.39 Å². The summed E-state index contributed by atoms with van der Waals surface area (Å²) in [4.78, 5) is 4.43. The molecule has 4 nitrogen and oxygen atoms in total. The maximum Gasteiger partial charge on any atom is 0.136 e. The molecule has 0 atom stereocenters. The van der Waals surface area contributed by atoms with E-state index in [-0.39, 0.29) is 5.82 Å². The predicted molar refractivity (Wildman–Crippen MR) is 95.7 cm³/mol. The van der Waals surface area contributed by atoms with E-state index in [1.54, 1.807) is 6.20 Å². The minimum atomic E-state index is -0.198. The second-order valence-electron chi connectivity index (χ2n) is 5.46. The molecule has 0 radical (unpaired) electrons. The Bertz CT molecular complexity index is 997. The third-order valence-corrected chi connectivity index (χ3v) is 4.01. The molecule has 0 saturated heterocycles. The average molecular weight is 324 g/mol. The van der Waals surface area contributed by atoms with Gasteiger partial charge >= 0.3 is 0 Å². The van der Waals surface area contributed by atoms with Gasteiger partial charge in [0.1, 0.15) is 11.5 Å². The number of fused-ring (bicyclic) bond motifs is 2. The van der Waals surface area contributed by atoms with Crippen LogP contribution < -0.4 is 0 Å². The molecule has 0 fully saturated rings. The summed E-state index contributed by atoms with van der Waals surface area (Å²) in [6.45, 7) is 7.92. The number of aromatic nitrogens is 4. The van der Waals surface area contributed by atoms with Gasteiger partial charge in [0, 0.05) is 23.3 Å². The van der Waals surface area contributed by atoms with Crippen LogP contribution in [-0.2, 0) is 6.42 Å². The van der Waals surface area contributed by atoms with Crippen LogP contribution in [0.5, 0.6) is 0 Å². The standard InChI is InChI=1S/C17H15FN4.C2H6/c1-3-12-14(18)6-15-13(7-19-21-15)17(12)11-4-5-16-20-10(2)8-22(16)9-11;1-2/h4-9H,3H2,1-2H3,(H,19,21);1-2H3. The normalized spacial score (nSPS) is 10.9. The number of benzene rings is 1. The first-order valence-corrected chi connectivity index (χ1v) is 8.27. The summed E-state index contributed by atoms with van der Waals surface area (Å²) < 4.78 is 16.4. The van der Waals surface area contributed by atoms with Gasteiger partial charge in [0.15, 0.2) is 0 Å². The molecule has 3 heterocycles. The highest BCUT2D eigenvalue weighted by atomic mass is 19.1. The number of pyridine rings is 1. The van der Waals surface area contributed by atoms with Gasteiger partial charge in [-0.25, -0.2) is 9.37 Å². The molecule has 3 aromatic heterocycles. The lowest BCUT2D eigenvalue weighted by atomic mass is 9.95. The second kappa shape index (κ2) is 6.43. The van der Waals surface area contributed by atoms with Crippen LogP contribution >= 0.6 is 0 Å². The van der Waals surface area contributed by atoms with Crippen molar-refractivity contribution in [3.05, 3.63) is 53.9 Å². The van der Waals surface area contributed by atoms with Crippen LogP contribution in [0.3, 0.4) is 0 Å². The highest BCUT2D eigenvalue weighted by Crippen LogP contribution is 2.33. The fraction of sp³-hybridized carbons (Fsp3) is 0.263. The Balaban J connectivity index is 0.000000815. The van der Waals surface area contributed by atoms with E-state index < -0.39 is 0 Å². The van der Waals surface area contributed by atoms with E-state index in [0.717, 1.165) is 27.9 Å². The van der Waals surface area contributed by atoms with Gasteiger partial charge in [0.2, 0.25) is 0 Å². The van der Waals surface area contributed by atoms with E-state index in [2.05, 4.69) is 15.2 Å². The Morgan fingerprint density at radius 2 is 2.00 bits per heavy atom. The summed E-state index contributed by atoms with van der Waals surface area (Å²) >= 11 is 0. The highest BCUT2D eigenvalue weighted by molar-refractivity contribution is 5.96. The van der Waals surface area contributed by atoms with Crippen LogP contribution in [0.1, 0.15) is 32.0 Å². The second-order valence-corrected chi connectivity index (χ2v) is 5.46. The quantitative estimate of drug-likeness (QED) is 0.569. The van der Waals surface area contributed by atoms with Crippen molar-refractivity contribution in [2.75, 3.05) is 0 Å². The topological polar surface area (TPSA) is 46.0 Å². The Morgan fingerprint density at radius 1 is 1.21 bits per heavy atom. The first-order chi connectivity index (χ1) is 11.7. The number of nitrogens with zero attached hydrogens (tertiary/aromatic N) is 3. The summed E-state index contributed by atoms with van der Waals surface area (Å²) in [6, 6.07) is 5.46. The monoisotopic (exact) mass is 324 g/mol. The lowest BCUT2D eigenvalue weighted by molar-refractivity contribution is 0.614. The van der Waals surface area contributed by atoms with E-state index in [1.807, 2.05) is 56.6 Å². The van der Waals surface area contributed by atoms with Crippen LogP contribution in [-0.4, -0.2) is 19.6 Å². The summed E-state index contributed by atoms with van der Waals surface area (Å²) in [7, 11) is 0. The Labute approximate surface area is 140 Å². The Morgan fingerprint density at radius 3 is 2.75 bits per heavy atom. The minimum absolute atomic E-state index is 0.198. The molecule has 0 aliphatic rings. The van der Waals surface area contributed by atoms with Crippen LogP contribution in [0.25, 0.3) is 27.7 Å².